The molecule has 0 aliphatic rings. The van der Waals surface area contributed by atoms with Gasteiger partial charge in [-0.2, -0.15) is 0 Å². The number of amides is 1. The standard InChI is InChI=1S/C14H21FN2O.ClH/c1-9(2)6-11(8-16)17-14(18)12-7-10(3)4-5-13(12)15;/h4-5,7,9,11H,6,8,16H2,1-3H3,(H,17,18);1H. The van der Waals surface area contributed by atoms with Crippen LogP contribution in [-0.2, 0) is 0 Å². The Morgan fingerprint density at radius 2 is 2.05 bits per heavy atom. The normalized spacial score (nSPS) is 11.9. The van der Waals surface area contributed by atoms with Crippen molar-refractivity contribution in [2.45, 2.75) is 33.2 Å². The molecule has 0 fully saturated rings. The molecule has 19 heavy (non-hydrogen) atoms. The Bertz CT molecular complexity index is 424. The third-order valence-corrected chi connectivity index (χ3v) is 2.74. The largest absolute Gasteiger partial charge is 0.348 e. The lowest BCUT2D eigenvalue weighted by molar-refractivity contribution is 0.0929. The van der Waals surface area contributed by atoms with E-state index in [-0.39, 0.29) is 24.0 Å². The number of halogens is 2. The zero-order valence-electron chi connectivity index (χ0n) is 11.6. The van der Waals surface area contributed by atoms with E-state index in [0.717, 1.165) is 12.0 Å². The van der Waals surface area contributed by atoms with Crippen molar-refractivity contribution >= 4 is 18.3 Å². The van der Waals surface area contributed by atoms with Crippen LogP contribution in [0.2, 0.25) is 0 Å². The second kappa shape index (κ2) is 8.12. The van der Waals surface area contributed by atoms with Crippen molar-refractivity contribution in [3.05, 3.63) is 35.1 Å². The highest BCUT2D eigenvalue weighted by atomic mass is 35.5. The maximum absolute atomic E-state index is 13.5. The Kier molecular flexibility index (Phi) is 7.64. The van der Waals surface area contributed by atoms with Crippen LogP contribution in [0.5, 0.6) is 0 Å². The second-order valence-corrected chi connectivity index (χ2v) is 5.02. The van der Waals surface area contributed by atoms with Gasteiger partial charge in [-0.05, 0) is 31.4 Å². The van der Waals surface area contributed by atoms with Gasteiger partial charge in [-0.3, -0.25) is 4.79 Å². The van der Waals surface area contributed by atoms with Crippen LogP contribution in [0.3, 0.4) is 0 Å². The third kappa shape index (κ3) is 5.57. The molecule has 1 aromatic rings. The van der Waals surface area contributed by atoms with Gasteiger partial charge in [-0.25, -0.2) is 4.39 Å². The maximum Gasteiger partial charge on any atom is 0.254 e. The average molecular weight is 289 g/mol. The van der Waals surface area contributed by atoms with Gasteiger partial charge in [-0.1, -0.05) is 25.5 Å². The van der Waals surface area contributed by atoms with E-state index < -0.39 is 11.7 Å². The molecule has 0 heterocycles. The first-order valence-electron chi connectivity index (χ1n) is 6.21. The number of nitrogens with one attached hydrogen (secondary N) is 1. The summed E-state index contributed by atoms with van der Waals surface area (Å²) in [6.07, 6.45) is 0.787. The van der Waals surface area contributed by atoms with Crippen LogP contribution in [0.1, 0.15) is 36.2 Å². The summed E-state index contributed by atoms with van der Waals surface area (Å²) in [6, 6.07) is 4.38. The average Bonchev–Trinajstić information content (AvgIpc) is 2.30. The lowest BCUT2D eigenvalue weighted by atomic mass is 10.0. The van der Waals surface area contributed by atoms with Crippen molar-refractivity contribution in [3.8, 4) is 0 Å². The quantitative estimate of drug-likeness (QED) is 0.875. The first-order chi connectivity index (χ1) is 8.43. The molecule has 1 aromatic carbocycles. The van der Waals surface area contributed by atoms with Gasteiger partial charge >= 0.3 is 0 Å². The number of nitrogens with two attached hydrogens (primary N) is 1. The number of aryl methyl sites for hydroxylation is 1. The van der Waals surface area contributed by atoms with Gasteiger partial charge in [0.1, 0.15) is 5.82 Å². The summed E-state index contributed by atoms with van der Waals surface area (Å²) >= 11 is 0. The summed E-state index contributed by atoms with van der Waals surface area (Å²) in [5.74, 6) is -0.466. The molecule has 1 atom stereocenters. The van der Waals surface area contributed by atoms with Gasteiger partial charge in [0.15, 0.2) is 0 Å². The van der Waals surface area contributed by atoms with Crippen molar-refractivity contribution in [2.24, 2.45) is 11.7 Å². The minimum absolute atomic E-state index is 0. The molecule has 1 amide bonds. The molecule has 3 N–H and O–H groups in total. The number of hydrogen-bond acceptors (Lipinski definition) is 2. The number of rotatable bonds is 5. The fourth-order valence-corrected chi connectivity index (χ4v) is 1.86. The molecule has 108 valence electrons. The van der Waals surface area contributed by atoms with Crippen molar-refractivity contribution in [2.75, 3.05) is 6.54 Å². The van der Waals surface area contributed by atoms with Crippen molar-refractivity contribution in [3.63, 3.8) is 0 Å². The Hall–Kier alpha value is -1.13. The molecule has 0 aromatic heterocycles. The maximum atomic E-state index is 13.5. The summed E-state index contributed by atoms with van der Waals surface area (Å²) in [6.45, 7) is 6.30. The molecule has 0 saturated heterocycles. The molecule has 1 rings (SSSR count). The molecule has 0 saturated carbocycles. The molecule has 0 bridgehead atoms. The molecular weight excluding hydrogens is 267 g/mol. The Labute approximate surface area is 120 Å². The van der Waals surface area contributed by atoms with Gasteiger partial charge in [-0.15, -0.1) is 12.4 Å². The lowest BCUT2D eigenvalue weighted by Crippen LogP contribution is -2.41. The first-order valence-corrected chi connectivity index (χ1v) is 6.21. The van der Waals surface area contributed by atoms with Crippen molar-refractivity contribution in [1.82, 2.24) is 5.32 Å². The van der Waals surface area contributed by atoms with E-state index >= 15 is 0 Å². The van der Waals surface area contributed by atoms with Crippen LogP contribution < -0.4 is 11.1 Å². The van der Waals surface area contributed by atoms with E-state index in [0.29, 0.717) is 12.5 Å². The number of carbonyl (C=O) groups is 1. The van der Waals surface area contributed by atoms with Gasteiger partial charge in [0.05, 0.1) is 5.56 Å². The molecule has 3 nitrogen and oxygen atoms in total. The number of benzene rings is 1. The van der Waals surface area contributed by atoms with Gasteiger partial charge in [0, 0.05) is 12.6 Å². The highest BCUT2D eigenvalue weighted by Crippen LogP contribution is 2.11. The predicted molar refractivity (Wildman–Crippen MR) is 78.1 cm³/mol. The van der Waals surface area contributed by atoms with Crippen molar-refractivity contribution in [1.29, 1.82) is 0 Å². The predicted octanol–water partition coefficient (Wildman–Crippen LogP) is 2.66. The summed E-state index contributed by atoms with van der Waals surface area (Å²) in [5.41, 5.74) is 6.54. The lowest BCUT2D eigenvalue weighted by Gasteiger charge is -2.19. The smallest absolute Gasteiger partial charge is 0.254 e. The summed E-state index contributed by atoms with van der Waals surface area (Å²) < 4.78 is 13.5. The van der Waals surface area contributed by atoms with E-state index in [9.17, 15) is 9.18 Å². The molecular formula is C14H22ClFN2O. The topological polar surface area (TPSA) is 55.1 Å². The monoisotopic (exact) mass is 288 g/mol. The van der Waals surface area contributed by atoms with Crippen LogP contribution >= 0.6 is 12.4 Å². The van der Waals surface area contributed by atoms with E-state index in [1.807, 2.05) is 6.92 Å². The summed E-state index contributed by atoms with van der Waals surface area (Å²) in [5, 5.41) is 2.78. The molecule has 0 aliphatic heterocycles. The summed E-state index contributed by atoms with van der Waals surface area (Å²) in [4.78, 5) is 12.0. The first kappa shape index (κ1) is 17.9. The fraction of sp³-hybridized carbons (Fsp3) is 0.500. The van der Waals surface area contributed by atoms with Crippen molar-refractivity contribution < 1.29 is 9.18 Å². The Morgan fingerprint density at radius 3 is 2.58 bits per heavy atom. The van der Waals surface area contributed by atoms with E-state index in [1.54, 1.807) is 12.1 Å². The highest BCUT2D eigenvalue weighted by molar-refractivity contribution is 5.94. The molecule has 0 aliphatic carbocycles. The van der Waals surface area contributed by atoms with Crippen LogP contribution in [-0.4, -0.2) is 18.5 Å². The number of carbonyl (C=O) groups excluding carboxylic acids is 1. The molecule has 5 heteroatoms. The number of hydrogen-bond donors (Lipinski definition) is 2. The molecule has 0 spiro atoms. The zero-order chi connectivity index (χ0) is 13.7. The Morgan fingerprint density at radius 1 is 1.42 bits per heavy atom. The van der Waals surface area contributed by atoms with Gasteiger partial charge < -0.3 is 11.1 Å². The van der Waals surface area contributed by atoms with E-state index in [1.165, 1.54) is 6.07 Å². The zero-order valence-corrected chi connectivity index (χ0v) is 12.4. The fourth-order valence-electron chi connectivity index (χ4n) is 1.86. The highest BCUT2D eigenvalue weighted by Gasteiger charge is 2.16. The van der Waals surface area contributed by atoms with Gasteiger partial charge in [0.2, 0.25) is 0 Å². The van der Waals surface area contributed by atoms with E-state index in [2.05, 4.69) is 19.2 Å². The van der Waals surface area contributed by atoms with Crippen LogP contribution in [0.25, 0.3) is 0 Å². The second-order valence-electron chi connectivity index (χ2n) is 5.02. The third-order valence-electron chi connectivity index (χ3n) is 2.74. The van der Waals surface area contributed by atoms with Crippen LogP contribution in [0, 0.1) is 18.7 Å². The van der Waals surface area contributed by atoms with Crippen LogP contribution in [0.15, 0.2) is 18.2 Å². The molecule has 1 unspecified atom stereocenters. The minimum Gasteiger partial charge on any atom is -0.348 e. The molecule has 0 radical (unpaired) electrons. The Balaban J connectivity index is 0.00000324. The van der Waals surface area contributed by atoms with Crippen LogP contribution in [0.4, 0.5) is 4.39 Å². The minimum atomic E-state index is -0.501. The van der Waals surface area contributed by atoms with E-state index in [4.69, 9.17) is 5.73 Å². The SMILES string of the molecule is Cc1ccc(F)c(C(=O)NC(CN)CC(C)C)c1.Cl. The van der Waals surface area contributed by atoms with Gasteiger partial charge in [0.25, 0.3) is 5.91 Å². The summed E-state index contributed by atoms with van der Waals surface area (Å²) in [7, 11) is 0.